The van der Waals surface area contributed by atoms with Crippen LogP contribution in [0.5, 0.6) is 0 Å². The summed E-state index contributed by atoms with van der Waals surface area (Å²) >= 11 is 0. The maximum Gasteiger partial charge on any atom is 0.244 e. The van der Waals surface area contributed by atoms with Crippen LogP contribution < -0.4 is 5.53 Å². The molecule has 1 rings (SSSR count). The molecule has 14 heavy (non-hydrogen) atoms. The first-order valence-electron chi connectivity index (χ1n) is 4.38. The fraction of sp³-hybridized carbons (Fsp3) is 0.857. The zero-order valence-electron chi connectivity index (χ0n) is 7.76. The molecule has 4 N–H and O–H groups in total. The second kappa shape index (κ2) is 5.23. The average molecular weight is 205 g/mol. The van der Waals surface area contributed by atoms with Crippen LogP contribution in [0.4, 0.5) is 0 Å². The van der Waals surface area contributed by atoms with Gasteiger partial charge in [0.15, 0.2) is 0 Å². The van der Waals surface area contributed by atoms with E-state index >= 15 is 0 Å². The quantitative estimate of drug-likeness (QED) is 0.403. The minimum absolute atomic E-state index is 0.0883. The summed E-state index contributed by atoms with van der Waals surface area (Å²) in [6, 6.07) is 0. The van der Waals surface area contributed by atoms with E-state index in [0.717, 1.165) is 5.01 Å². The van der Waals surface area contributed by atoms with Crippen molar-refractivity contribution in [2.75, 3.05) is 26.6 Å². The third kappa shape index (κ3) is 2.40. The Morgan fingerprint density at radius 3 is 2.57 bits per heavy atom. The van der Waals surface area contributed by atoms with E-state index < -0.39 is 6.73 Å². The van der Waals surface area contributed by atoms with Gasteiger partial charge < -0.3 is 15.3 Å². The van der Waals surface area contributed by atoms with E-state index in [4.69, 9.17) is 15.3 Å². The van der Waals surface area contributed by atoms with Crippen LogP contribution in [0.1, 0.15) is 6.42 Å². The van der Waals surface area contributed by atoms with Gasteiger partial charge in [-0.2, -0.15) is 5.53 Å². The summed E-state index contributed by atoms with van der Waals surface area (Å²) in [6.07, 6.45) is 0.327. The lowest BCUT2D eigenvalue weighted by molar-refractivity contribution is -0.169. The molecule has 7 nitrogen and oxygen atoms in total. The molecule has 1 aliphatic rings. The molecule has 0 saturated carbocycles. The fourth-order valence-corrected chi connectivity index (χ4v) is 1.39. The number of nitrogens with zero attached hydrogens (tertiary/aromatic N) is 2. The van der Waals surface area contributed by atoms with E-state index in [1.54, 1.807) is 0 Å². The van der Waals surface area contributed by atoms with E-state index in [1.807, 2.05) is 0 Å². The highest BCUT2D eigenvalue weighted by atomic mass is 16.3. The summed E-state index contributed by atoms with van der Waals surface area (Å²) in [6.45, 7) is -0.482. The lowest BCUT2D eigenvalue weighted by atomic mass is 10.0. The van der Waals surface area contributed by atoms with E-state index in [1.165, 1.54) is 5.01 Å². The van der Waals surface area contributed by atoms with Gasteiger partial charge in [0.25, 0.3) is 0 Å². The van der Waals surface area contributed by atoms with Gasteiger partial charge >= 0.3 is 0 Å². The number of aliphatic hydroxyl groups is 3. The van der Waals surface area contributed by atoms with Crippen molar-refractivity contribution in [3.05, 3.63) is 0 Å². The van der Waals surface area contributed by atoms with Gasteiger partial charge in [0, 0.05) is 13.2 Å². The highest BCUT2D eigenvalue weighted by molar-refractivity contribution is 5.79. The summed E-state index contributed by atoms with van der Waals surface area (Å²) in [5, 5.41) is 28.8. The van der Waals surface area contributed by atoms with E-state index in [0.29, 0.717) is 13.0 Å². The molecule has 1 heterocycles. The Hall–Kier alpha value is -0.730. The van der Waals surface area contributed by atoms with Crippen molar-refractivity contribution in [3.63, 3.8) is 0 Å². The second-order valence-electron chi connectivity index (χ2n) is 3.08. The van der Waals surface area contributed by atoms with Crippen LogP contribution in [-0.4, -0.2) is 57.9 Å². The highest BCUT2D eigenvalue weighted by Crippen LogP contribution is 2.12. The molecule has 1 aliphatic heterocycles. The zero-order chi connectivity index (χ0) is 10.6. The van der Waals surface area contributed by atoms with Gasteiger partial charge in [0.2, 0.25) is 5.91 Å². The lowest BCUT2D eigenvalue weighted by Gasteiger charge is -2.37. The topological polar surface area (TPSA) is 96.3 Å². The summed E-state index contributed by atoms with van der Waals surface area (Å²) in [5.74, 6) is -0.660. The van der Waals surface area contributed by atoms with Crippen LogP contribution in [0.25, 0.3) is 0 Å². The molecule has 0 radical (unpaired) electrons. The van der Waals surface area contributed by atoms with Crippen LogP contribution in [0.3, 0.4) is 0 Å². The van der Waals surface area contributed by atoms with Crippen molar-refractivity contribution < 1.29 is 20.1 Å². The third-order valence-electron chi connectivity index (χ3n) is 2.11. The molecule has 1 amide bonds. The minimum atomic E-state index is -0.461. The van der Waals surface area contributed by atoms with Crippen molar-refractivity contribution in [2.24, 2.45) is 5.92 Å². The van der Waals surface area contributed by atoms with E-state index in [9.17, 15) is 4.79 Å². The zero-order valence-corrected chi connectivity index (χ0v) is 7.76. The van der Waals surface area contributed by atoms with Gasteiger partial charge in [-0.25, -0.2) is 10.0 Å². The fourth-order valence-electron chi connectivity index (χ4n) is 1.39. The molecular formula is C7H15N3O4. The number of carbonyl (C=O) groups is 1. The van der Waals surface area contributed by atoms with Crippen molar-refractivity contribution in [1.82, 2.24) is 15.6 Å². The molecule has 7 heteroatoms. The molecule has 0 aromatic carbocycles. The third-order valence-corrected chi connectivity index (χ3v) is 2.11. The molecular weight excluding hydrogens is 190 g/mol. The number of nitrogens with one attached hydrogen (secondary N) is 1. The second-order valence-corrected chi connectivity index (χ2v) is 3.08. The van der Waals surface area contributed by atoms with Gasteiger partial charge in [0.05, 0.1) is 5.92 Å². The van der Waals surface area contributed by atoms with Gasteiger partial charge in [-0.15, -0.1) is 0 Å². The molecule has 0 aromatic heterocycles. The van der Waals surface area contributed by atoms with Crippen molar-refractivity contribution in [1.29, 1.82) is 0 Å². The minimum Gasteiger partial charge on any atom is -0.396 e. The molecule has 1 saturated heterocycles. The number of hydrogen-bond donors (Lipinski definition) is 4. The van der Waals surface area contributed by atoms with Crippen LogP contribution in [-0.2, 0) is 4.79 Å². The Morgan fingerprint density at radius 2 is 2.07 bits per heavy atom. The predicted molar refractivity (Wildman–Crippen MR) is 46.1 cm³/mol. The number of hydrazine groups is 2. The summed E-state index contributed by atoms with van der Waals surface area (Å²) < 4.78 is 0. The molecule has 0 aromatic rings. The van der Waals surface area contributed by atoms with Crippen molar-refractivity contribution >= 4 is 5.91 Å². The highest BCUT2D eigenvalue weighted by Gasteiger charge is 2.31. The Morgan fingerprint density at radius 1 is 1.36 bits per heavy atom. The number of rotatable bonds is 4. The molecule has 0 bridgehead atoms. The maximum absolute atomic E-state index is 11.5. The predicted octanol–water partition coefficient (Wildman–Crippen LogP) is -2.55. The maximum atomic E-state index is 11.5. The molecule has 0 spiro atoms. The van der Waals surface area contributed by atoms with Crippen LogP contribution in [0.15, 0.2) is 0 Å². The monoisotopic (exact) mass is 205 g/mol. The normalized spacial score (nSPS) is 24.4. The largest absolute Gasteiger partial charge is 0.396 e. The molecule has 1 unspecified atom stereocenters. The van der Waals surface area contributed by atoms with E-state index in [2.05, 4.69) is 5.53 Å². The first-order chi connectivity index (χ1) is 6.72. The SMILES string of the molecule is O=C1C(CCO)CN(CO)NN1CO. The smallest absolute Gasteiger partial charge is 0.244 e. The number of carbonyl (C=O) groups excluding carboxylic acids is 1. The van der Waals surface area contributed by atoms with Gasteiger partial charge in [-0.3, -0.25) is 4.79 Å². The Bertz CT molecular complexity index is 201. The number of amides is 1. The van der Waals surface area contributed by atoms with Gasteiger partial charge in [-0.05, 0) is 6.42 Å². The van der Waals surface area contributed by atoms with E-state index in [-0.39, 0.29) is 25.2 Å². The van der Waals surface area contributed by atoms with Crippen LogP contribution in [0.2, 0.25) is 0 Å². The standard InChI is InChI=1S/C7H15N3O4/c11-2-1-6-3-9(4-12)8-10(5-13)7(6)14/h6,8,11-13H,1-5H2. The first kappa shape index (κ1) is 11.3. The Kier molecular flexibility index (Phi) is 4.23. The number of aliphatic hydroxyl groups excluding tert-OH is 3. The number of hydrogen-bond acceptors (Lipinski definition) is 6. The van der Waals surface area contributed by atoms with Gasteiger partial charge in [0.1, 0.15) is 13.5 Å². The lowest BCUT2D eigenvalue weighted by Crippen LogP contribution is -2.62. The molecule has 1 fully saturated rings. The summed E-state index contributed by atoms with van der Waals surface area (Å²) in [7, 11) is 0. The van der Waals surface area contributed by atoms with Crippen LogP contribution >= 0.6 is 0 Å². The molecule has 82 valence electrons. The van der Waals surface area contributed by atoms with Gasteiger partial charge in [-0.1, -0.05) is 0 Å². The average Bonchev–Trinajstić information content (AvgIpc) is 2.21. The Balaban J connectivity index is 2.60. The summed E-state index contributed by atoms with van der Waals surface area (Å²) in [5.41, 5.74) is 2.53. The first-order valence-corrected chi connectivity index (χ1v) is 4.38. The Labute approximate surface area is 81.5 Å². The molecule has 0 aliphatic carbocycles. The van der Waals surface area contributed by atoms with Crippen molar-refractivity contribution in [2.45, 2.75) is 6.42 Å². The summed E-state index contributed by atoms with van der Waals surface area (Å²) in [4.78, 5) is 11.5. The van der Waals surface area contributed by atoms with Crippen LogP contribution in [0, 0.1) is 5.92 Å². The van der Waals surface area contributed by atoms with Crippen molar-refractivity contribution in [3.8, 4) is 0 Å². The molecule has 1 atom stereocenters.